The van der Waals surface area contributed by atoms with Crippen molar-refractivity contribution in [2.75, 3.05) is 33.9 Å². The molecule has 6 nitrogen and oxygen atoms in total. The van der Waals surface area contributed by atoms with E-state index in [0.717, 1.165) is 30.2 Å². The van der Waals surface area contributed by atoms with Crippen LogP contribution in [0.3, 0.4) is 0 Å². The SMILES string of the molecule is CN=C(NCCc1cc2ccccc2[nH]1)NCc1ccc(C)cc1OCCOC.I. The van der Waals surface area contributed by atoms with E-state index < -0.39 is 0 Å². The Kier molecular flexibility index (Phi) is 9.96. The van der Waals surface area contributed by atoms with Crippen molar-refractivity contribution in [3.8, 4) is 5.75 Å². The minimum atomic E-state index is 0. The quantitative estimate of drug-likeness (QED) is 0.172. The van der Waals surface area contributed by atoms with Crippen LogP contribution in [0.4, 0.5) is 0 Å². The van der Waals surface area contributed by atoms with E-state index in [9.17, 15) is 0 Å². The van der Waals surface area contributed by atoms with E-state index in [4.69, 9.17) is 9.47 Å². The second-order valence-electron chi connectivity index (χ2n) is 6.94. The van der Waals surface area contributed by atoms with Gasteiger partial charge in [-0.2, -0.15) is 0 Å². The predicted molar refractivity (Wildman–Crippen MR) is 134 cm³/mol. The monoisotopic (exact) mass is 522 g/mol. The molecule has 7 heteroatoms. The molecule has 162 valence electrons. The van der Waals surface area contributed by atoms with Crippen molar-refractivity contribution in [3.63, 3.8) is 0 Å². The highest BCUT2D eigenvalue weighted by atomic mass is 127. The van der Waals surface area contributed by atoms with Crippen molar-refractivity contribution < 1.29 is 9.47 Å². The van der Waals surface area contributed by atoms with Crippen LogP contribution in [0.1, 0.15) is 16.8 Å². The van der Waals surface area contributed by atoms with E-state index >= 15 is 0 Å². The predicted octanol–water partition coefficient (Wildman–Crippen LogP) is 4.03. The van der Waals surface area contributed by atoms with E-state index in [2.05, 4.69) is 70.0 Å². The van der Waals surface area contributed by atoms with Gasteiger partial charge in [0.2, 0.25) is 0 Å². The third kappa shape index (κ3) is 6.91. The van der Waals surface area contributed by atoms with Gasteiger partial charge >= 0.3 is 0 Å². The number of rotatable bonds is 9. The summed E-state index contributed by atoms with van der Waals surface area (Å²) in [7, 11) is 3.46. The Balaban J connectivity index is 0.00000320. The van der Waals surface area contributed by atoms with Gasteiger partial charge in [0.05, 0.1) is 6.61 Å². The summed E-state index contributed by atoms with van der Waals surface area (Å²) in [5.74, 6) is 1.65. The average Bonchev–Trinajstić information content (AvgIpc) is 3.14. The summed E-state index contributed by atoms with van der Waals surface area (Å²) in [6.07, 6.45) is 0.894. The molecule has 3 rings (SSSR count). The van der Waals surface area contributed by atoms with Crippen LogP contribution < -0.4 is 15.4 Å². The maximum atomic E-state index is 5.86. The van der Waals surface area contributed by atoms with Crippen LogP contribution in [-0.2, 0) is 17.7 Å². The molecule has 2 aromatic carbocycles. The van der Waals surface area contributed by atoms with Crippen LogP contribution in [-0.4, -0.2) is 44.9 Å². The number of benzene rings is 2. The van der Waals surface area contributed by atoms with Crippen LogP contribution in [0, 0.1) is 6.92 Å². The van der Waals surface area contributed by atoms with Crippen LogP contribution in [0.15, 0.2) is 53.5 Å². The number of aliphatic imine (C=N–C) groups is 1. The number of halogens is 1. The molecule has 0 atom stereocenters. The van der Waals surface area contributed by atoms with Crippen molar-refractivity contribution >= 4 is 40.8 Å². The number of methoxy groups -OCH3 is 1. The fourth-order valence-corrected chi connectivity index (χ4v) is 3.16. The van der Waals surface area contributed by atoms with Crippen molar-refractivity contribution in [2.45, 2.75) is 19.9 Å². The third-order valence-corrected chi connectivity index (χ3v) is 4.71. The van der Waals surface area contributed by atoms with Crippen LogP contribution in [0.5, 0.6) is 5.75 Å². The Morgan fingerprint density at radius 1 is 1.07 bits per heavy atom. The molecule has 0 aliphatic carbocycles. The Morgan fingerprint density at radius 2 is 1.90 bits per heavy atom. The van der Waals surface area contributed by atoms with Gasteiger partial charge in [-0.1, -0.05) is 30.3 Å². The summed E-state index contributed by atoms with van der Waals surface area (Å²) < 4.78 is 10.9. The number of ether oxygens (including phenoxy) is 2. The molecular formula is C23H31IN4O2. The molecule has 0 fully saturated rings. The molecule has 0 aliphatic rings. The van der Waals surface area contributed by atoms with Gasteiger partial charge in [-0.05, 0) is 36.1 Å². The third-order valence-electron chi connectivity index (χ3n) is 4.71. The van der Waals surface area contributed by atoms with Gasteiger partial charge in [-0.25, -0.2) is 0 Å². The number of hydrogen-bond acceptors (Lipinski definition) is 3. The second-order valence-corrected chi connectivity index (χ2v) is 6.94. The first kappa shape index (κ1) is 24.0. The van der Waals surface area contributed by atoms with Gasteiger partial charge in [0, 0.05) is 50.4 Å². The molecule has 0 radical (unpaired) electrons. The van der Waals surface area contributed by atoms with Crippen molar-refractivity contribution in [1.82, 2.24) is 15.6 Å². The smallest absolute Gasteiger partial charge is 0.191 e. The molecule has 1 heterocycles. The number of nitrogens with zero attached hydrogens (tertiary/aromatic N) is 1. The molecular weight excluding hydrogens is 491 g/mol. The molecule has 0 bridgehead atoms. The molecule has 0 saturated carbocycles. The minimum Gasteiger partial charge on any atom is -0.491 e. The number of aryl methyl sites for hydroxylation is 1. The van der Waals surface area contributed by atoms with E-state index in [-0.39, 0.29) is 24.0 Å². The first-order valence-electron chi connectivity index (χ1n) is 9.92. The zero-order valence-electron chi connectivity index (χ0n) is 17.8. The highest BCUT2D eigenvalue weighted by Crippen LogP contribution is 2.20. The minimum absolute atomic E-state index is 0. The summed E-state index contributed by atoms with van der Waals surface area (Å²) in [4.78, 5) is 7.78. The zero-order chi connectivity index (χ0) is 20.5. The molecule has 0 saturated heterocycles. The zero-order valence-corrected chi connectivity index (χ0v) is 20.2. The summed E-state index contributed by atoms with van der Waals surface area (Å²) in [6.45, 7) is 4.58. The van der Waals surface area contributed by atoms with Gasteiger partial charge in [0.15, 0.2) is 5.96 Å². The Hall–Kier alpha value is -2.26. The average molecular weight is 522 g/mol. The van der Waals surface area contributed by atoms with Gasteiger partial charge in [0.25, 0.3) is 0 Å². The number of H-pyrrole nitrogens is 1. The van der Waals surface area contributed by atoms with Crippen LogP contribution >= 0.6 is 24.0 Å². The van der Waals surface area contributed by atoms with Crippen LogP contribution in [0.25, 0.3) is 10.9 Å². The summed E-state index contributed by atoms with van der Waals surface area (Å²) in [5, 5.41) is 7.98. The van der Waals surface area contributed by atoms with E-state index in [0.29, 0.717) is 19.8 Å². The van der Waals surface area contributed by atoms with E-state index in [1.807, 2.05) is 6.07 Å². The van der Waals surface area contributed by atoms with Gasteiger partial charge < -0.3 is 25.1 Å². The topological polar surface area (TPSA) is 70.7 Å². The molecule has 0 aliphatic heterocycles. The van der Waals surface area contributed by atoms with Crippen molar-refractivity contribution in [3.05, 3.63) is 65.4 Å². The van der Waals surface area contributed by atoms with Crippen molar-refractivity contribution in [2.24, 2.45) is 4.99 Å². The lowest BCUT2D eigenvalue weighted by molar-refractivity contribution is 0.145. The molecule has 3 N–H and O–H groups in total. The fraction of sp³-hybridized carbons (Fsp3) is 0.348. The normalized spacial score (nSPS) is 11.2. The molecule has 0 amide bonds. The molecule has 30 heavy (non-hydrogen) atoms. The number of hydrogen-bond donors (Lipinski definition) is 3. The molecule has 1 aromatic heterocycles. The lowest BCUT2D eigenvalue weighted by Gasteiger charge is -2.15. The summed E-state index contributed by atoms with van der Waals surface area (Å²) in [6, 6.07) is 16.8. The maximum absolute atomic E-state index is 5.86. The Morgan fingerprint density at radius 3 is 2.67 bits per heavy atom. The number of aromatic nitrogens is 1. The molecule has 0 unspecified atom stereocenters. The highest BCUT2D eigenvalue weighted by Gasteiger charge is 2.06. The largest absolute Gasteiger partial charge is 0.491 e. The van der Waals surface area contributed by atoms with Gasteiger partial charge in [-0.3, -0.25) is 4.99 Å². The summed E-state index contributed by atoms with van der Waals surface area (Å²) >= 11 is 0. The number of aromatic amines is 1. The maximum Gasteiger partial charge on any atom is 0.191 e. The Labute approximate surface area is 195 Å². The molecule has 0 spiro atoms. The number of nitrogens with one attached hydrogen (secondary N) is 3. The van der Waals surface area contributed by atoms with Gasteiger partial charge in [0.1, 0.15) is 12.4 Å². The van der Waals surface area contributed by atoms with Gasteiger partial charge in [-0.15, -0.1) is 24.0 Å². The summed E-state index contributed by atoms with van der Waals surface area (Å²) in [5.41, 5.74) is 4.64. The van der Waals surface area contributed by atoms with Crippen LogP contribution in [0.2, 0.25) is 0 Å². The molecule has 3 aromatic rings. The number of para-hydroxylation sites is 1. The number of guanidine groups is 1. The first-order chi connectivity index (χ1) is 14.2. The second kappa shape index (κ2) is 12.4. The first-order valence-corrected chi connectivity index (χ1v) is 9.92. The fourth-order valence-electron chi connectivity index (χ4n) is 3.16. The lowest BCUT2D eigenvalue weighted by Crippen LogP contribution is -2.38. The van der Waals surface area contributed by atoms with Crippen molar-refractivity contribution in [1.29, 1.82) is 0 Å². The van der Waals surface area contributed by atoms with E-state index in [1.54, 1.807) is 14.2 Å². The Bertz CT molecular complexity index is 922. The van der Waals surface area contributed by atoms with E-state index in [1.165, 1.54) is 22.2 Å². The lowest BCUT2D eigenvalue weighted by atomic mass is 10.1. The standard InChI is InChI=1S/C23H30N4O2.HI/c1-17-8-9-19(22(14-17)29-13-12-28-3)16-26-23(24-2)25-11-10-20-15-18-6-4-5-7-21(18)27-20;/h4-9,14-15,27H,10-13,16H2,1-3H3,(H2,24,25,26);1H. The highest BCUT2D eigenvalue weighted by molar-refractivity contribution is 14.0. The number of fused-ring (bicyclic) bond motifs is 1.